The molecule has 7 heteroatoms. The van der Waals surface area contributed by atoms with Gasteiger partial charge >= 0.3 is 5.69 Å². The number of hydrogen-bond donors (Lipinski definition) is 1. The first-order chi connectivity index (χ1) is 6.50. The highest BCUT2D eigenvalue weighted by Gasteiger charge is 2.14. The lowest BCUT2D eigenvalue weighted by Crippen LogP contribution is -2.02. The lowest BCUT2D eigenvalue weighted by Gasteiger charge is -2.01. The third-order valence-corrected chi connectivity index (χ3v) is 1.58. The summed E-state index contributed by atoms with van der Waals surface area (Å²) in [5.41, 5.74) is -0.346. The van der Waals surface area contributed by atoms with Gasteiger partial charge in [0, 0.05) is 11.8 Å². The Morgan fingerprint density at radius 2 is 2.29 bits per heavy atom. The van der Waals surface area contributed by atoms with Crippen LogP contribution in [0.25, 0.3) is 0 Å². The van der Waals surface area contributed by atoms with Crippen LogP contribution in [-0.4, -0.2) is 9.37 Å². The predicted octanol–water partition coefficient (Wildman–Crippen LogP) is 2.67. The Bertz CT molecular complexity index is 399. The number of rotatable bonds is 2. The summed E-state index contributed by atoms with van der Waals surface area (Å²) in [5, 5.41) is 12.8. The van der Waals surface area contributed by atoms with Crippen molar-refractivity contribution in [2.45, 2.75) is 0 Å². The number of nitrogens with one attached hydrogen (secondary N) is 1. The third-order valence-electron chi connectivity index (χ3n) is 1.39. The van der Waals surface area contributed by atoms with Gasteiger partial charge in [-0.1, -0.05) is 11.6 Å². The number of thiocarbonyl (C=S) groups is 1. The van der Waals surface area contributed by atoms with Crippen molar-refractivity contribution < 1.29 is 9.31 Å². The maximum atomic E-state index is 12.8. The summed E-state index contributed by atoms with van der Waals surface area (Å²) in [7, 11) is 0. The van der Waals surface area contributed by atoms with Crippen LogP contribution in [0.2, 0.25) is 0 Å². The zero-order valence-corrected chi connectivity index (χ0v) is 8.23. The van der Waals surface area contributed by atoms with Crippen LogP contribution in [0.1, 0.15) is 0 Å². The summed E-state index contributed by atoms with van der Waals surface area (Å²) in [4.78, 5) is 9.51. The van der Waals surface area contributed by atoms with E-state index in [1.807, 2.05) is 0 Å². The Morgan fingerprint density at radius 1 is 1.64 bits per heavy atom. The van der Waals surface area contributed by atoms with E-state index in [0.717, 1.165) is 12.1 Å². The van der Waals surface area contributed by atoms with E-state index in [9.17, 15) is 14.5 Å². The zero-order valence-electron chi connectivity index (χ0n) is 6.66. The lowest BCUT2D eigenvalue weighted by atomic mass is 10.3. The second kappa shape index (κ2) is 4.30. The first-order valence-electron chi connectivity index (χ1n) is 3.41. The van der Waals surface area contributed by atoms with Crippen molar-refractivity contribution >= 4 is 39.6 Å². The van der Waals surface area contributed by atoms with Gasteiger partial charge in [0.05, 0.1) is 4.92 Å². The number of nitro groups is 1. The Kier molecular flexibility index (Phi) is 3.32. The van der Waals surface area contributed by atoms with E-state index in [2.05, 4.69) is 17.5 Å². The van der Waals surface area contributed by atoms with Crippen molar-refractivity contribution in [1.29, 1.82) is 0 Å². The van der Waals surface area contributed by atoms with Gasteiger partial charge in [-0.2, -0.15) is 4.39 Å². The van der Waals surface area contributed by atoms with Crippen molar-refractivity contribution in [2.75, 3.05) is 5.32 Å². The highest BCUT2D eigenvalue weighted by molar-refractivity contribution is 7.83. The van der Waals surface area contributed by atoms with Crippen LogP contribution < -0.4 is 5.32 Å². The number of halogens is 2. The average Bonchev–Trinajstić information content (AvgIpc) is 2.07. The third kappa shape index (κ3) is 2.61. The molecule has 14 heavy (non-hydrogen) atoms. The normalized spacial score (nSPS) is 9.57. The fraction of sp³-hybridized carbons (Fsp3) is 0. The van der Waals surface area contributed by atoms with Crippen LogP contribution in [0.4, 0.5) is 15.8 Å². The van der Waals surface area contributed by atoms with Gasteiger partial charge in [0.2, 0.25) is 5.82 Å². The largest absolute Gasteiger partial charge is 0.337 e. The van der Waals surface area contributed by atoms with Gasteiger partial charge in [-0.05, 0) is 24.4 Å². The smallest absolute Gasteiger partial charge is 0.306 e. The summed E-state index contributed by atoms with van der Waals surface area (Å²) in [6.45, 7) is 0. The van der Waals surface area contributed by atoms with Crippen molar-refractivity contribution in [3.05, 3.63) is 34.1 Å². The van der Waals surface area contributed by atoms with E-state index in [0.29, 0.717) is 0 Å². The van der Waals surface area contributed by atoms with Crippen molar-refractivity contribution in [1.82, 2.24) is 0 Å². The maximum Gasteiger partial charge on any atom is 0.306 e. The van der Waals surface area contributed by atoms with Crippen molar-refractivity contribution in [3.63, 3.8) is 0 Å². The molecule has 0 amide bonds. The van der Waals surface area contributed by atoms with Gasteiger partial charge in [-0.15, -0.1) is 0 Å². The van der Waals surface area contributed by atoms with Gasteiger partial charge in [0.1, 0.15) is 0 Å². The quantitative estimate of drug-likeness (QED) is 0.281. The molecular formula is C7H4ClFN2O2S. The highest BCUT2D eigenvalue weighted by atomic mass is 35.5. The molecule has 0 fully saturated rings. The van der Waals surface area contributed by atoms with Gasteiger partial charge in [0.25, 0.3) is 0 Å². The number of nitro benzene ring substituents is 1. The molecule has 1 aromatic carbocycles. The first kappa shape index (κ1) is 10.8. The van der Waals surface area contributed by atoms with Crippen LogP contribution >= 0.6 is 23.8 Å². The van der Waals surface area contributed by atoms with Gasteiger partial charge in [-0.3, -0.25) is 10.1 Å². The van der Waals surface area contributed by atoms with Gasteiger partial charge in [-0.25, -0.2) is 0 Å². The molecule has 0 unspecified atom stereocenters. The molecule has 0 aliphatic rings. The summed E-state index contributed by atoms with van der Waals surface area (Å²) in [6, 6.07) is 3.29. The molecule has 4 nitrogen and oxygen atoms in total. The summed E-state index contributed by atoms with van der Waals surface area (Å²) >= 11 is 9.85. The second-order valence-corrected chi connectivity index (χ2v) is 3.33. The highest BCUT2D eigenvalue weighted by Crippen LogP contribution is 2.21. The minimum atomic E-state index is -0.902. The van der Waals surface area contributed by atoms with Crippen LogP contribution in [-0.2, 0) is 0 Å². The molecule has 0 saturated heterocycles. The van der Waals surface area contributed by atoms with E-state index in [4.69, 9.17) is 11.6 Å². The van der Waals surface area contributed by atoms with Gasteiger partial charge in [0.15, 0.2) is 4.45 Å². The Hall–Kier alpha value is -1.27. The number of anilines is 1. The van der Waals surface area contributed by atoms with E-state index < -0.39 is 16.4 Å². The molecule has 1 N–H and O–H groups in total. The van der Waals surface area contributed by atoms with Gasteiger partial charge < -0.3 is 5.32 Å². The molecule has 1 aromatic rings. The fourth-order valence-electron chi connectivity index (χ4n) is 0.844. The Labute approximate surface area is 88.8 Å². The van der Waals surface area contributed by atoms with Crippen LogP contribution in [0.15, 0.2) is 18.2 Å². The SMILES string of the molecule is O=[N+]([O-])c1cc(NC(=S)Cl)ccc1F. The molecule has 74 valence electrons. The molecule has 0 bridgehead atoms. The van der Waals surface area contributed by atoms with Crippen LogP contribution in [0.3, 0.4) is 0 Å². The van der Waals surface area contributed by atoms with E-state index in [-0.39, 0.29) is 10.1 Å². The lowest BCUT2D eigenvalue weighted by molar-refractivity contribution is -0.387. The molecule has 0 aromatic heterocycles. The molecular weight excluding hydrogens is 231 g/mol. The average molecular weight is 235 g/mol. The molecule has 0 saturated carbocycles. The predicted molar refractivity (Wildman–Crippen MR) is 55.1 cm³/mol. The zero-order chi connectivity index (χ0) is 10.7. The Morgan fingerprint density at radius 3 is 2.79 bits per heavy atom. The molecule has 0 aliphatic heterocycles. The second-order valence-electron chi connectivity index (χ2n) is 2.32. The summed E-state index contributed by atoms with van der Waals surface area (Å²) < 4.78 is 12.8. The van der Waals surface area contributed by atoms with E-state index in [1.54, 1.807) is 0 Å². The molecule has 0 heterocycles. The molecule has 0 atom stereocenters. The summed E-state index contributed by atoms with van der Waals surface area (Å²) in [5.74, 6) is -0.902. The molecule has 1 rings (SSSR count). The minimum absolute atomic E-state index is 0.0640. The standard InChI is InChI=1S/C7H4ClFN2O2S/c8-7(14)10-4-1-2-5(9)6(3-4)11(12)13/h1-3H,(H,10,14). The first-order valence-corrected chi connectivity index (χ1v) is 4.20. The number of benzene rings is 1. The Balaban J connectivity index is 3.06. The maximum absolute atomic E-state index is 12.8. The number of nitrogens with zero attached hydrogens (tertiary/aromatic N) is 1. The monoisotopic (exact) mass is 234 g/mol. The van der Waals surface area contributed by atoms with Crippen molar-refractivity contribution in [2.24, 2.45) is 0 Å². The van der Waals surface area contributed by atoms with E-state index >= 15 is 0 Å². The van der Waals surface area contributed by atoms with Crippen molar-refractivity contribution in [3.8, 4) is 0 Å². The summed E-state index contributed by atoms with van der Waals surface area (Å²) in [6.07, 6.45) is 0. The number of hydrogen-bond acceptors (Lipinski definition) is 3. The minimum Gasteiger partial charge on any atom is -0.337 e. The molecule has 0 radical (unpaired) electrons. The molecule has 0 aliphatic carbocycles. The molecule has 0 spiro atoms. The topological polar surface area (TPSA) is 55.2 Å². The van der Waals surface area contributed by atoms with Crippen LogP contribution in [0, 0.1) is 15.9 Å². The fourth-order valence-corrected chi connectivity index (χ4v) is 1.07. The van der Waals surface area contributed by atoms with Crippen LogP contribution in [0.5, 0.6) is 0 Å². The van der Waals surface area contributed by atoms with E-state index in [1.165, 1.54) is 6.07 Å².